The first kappa shape index (κ1) is 15.4. The van der Waals surface area contributed by atoms with Gasteiger partial charge in [-0.25, -0.2) is 0 Å². The molecule has 0 aliphatic heterocycles. The van der Waals surface area contributed by atoms with Crippen molar-refractivity contribution < 1.29 is 9.53 Å². The maximum absolute atomic E-state index is 11.2. The van der Waals surface area contributed by atoms with Gasteiger partial charge in [-0.2, -0.15) is 0 Å². The molecule has 4 nitrogen and oxygen atoms in total. The Morgan fingerprint density at radius 1 is 1.25 bits per heavy atom. The van der Waals surface area contributed by atoms with Crippen LogP contribution in [0.4, 0.5) is 0 Å². The second-order valence-corrected chi connectivity index (χ2v) is 4.26. The van der Waals surface area contributed by atoms with E-state index in [0.29, 0.717) is 13.2 Å². The van der Waals surface area contributed by atoms with E-state index in [1.54, 1.807) is 0 Å². The molecule has 4 heteroatoms. The summed E-state index contributed by atoms with van der Waals surface area (Å²) in [4.78, 5) is 13.3. The average Bonchev–Trinajstić information content (AvgIpc) is 2.23. The smallest absolute Gasteiger partial charge is 0.319 e. The molecule has 0 unspecified atom stereocenters. The SMILES string of the molecule is CCCCOC(=O)CNCCCCN(C)C. The molecule has 96 valence electrons. The summed E-state index contributed by atoms with van der Waals surface area (Å²) in [7, 11) is 4.14. The van der Waals surface area contributed by atoms with Gasteiger partial charge in [0, 0.05) is 0 Å². The molecule has 0 radical (unpaired) electrons. The van der Waals surface area contributed by atoms with E-state index in [0.717, 1.165) is 38.8 Å². The third-order valence-corrected chi connectivity index (χ3v) is 2.24. The molecule has 0 spiro atoms. The first-order valence-corrected chi connectivity index (χ1v) is 6.18. The van der Waals surface area contributed by atoms with Crippen LogP contribution >= 0.6 is 0 Å². The highest BCUT2D eigenvalue weighted by Crippen LogP contribution is 1.90. The summed E-state index contributed by atoms with van der Waals surface area (Å²) in [5.41, 5.74) is 0. The van der Waals surface area contributed by atoms with Crippen molar-refractivity contribution in [2.24, 2.45) is 0 Å². The number of carbonyl (C=O) groups excluding carboxylic acids is 1. The van der Waals surface area contributed by atoms with Crippen molar-refractivity contribution in [3.63, 3.8) is 0 Å². The van der Waals surface area contributed by atoms with Gasteiger partial charge in [-0.05, 0) is 46.4 Å². The van der Waals surface area contributed by atoms with Crippen molar-refractivity contribution in [3.05, 3.63) is 0 Å². The van der Waals surface area contributed by atoms with Crippen molar-refractivity contribution in [2.75, 3.05) is 40.3 Å². The predicted molar refractivity (Wildman–Crippen MR) is 66.5 cm³/mol. The largest absolute Gasteiger partial charge is 0.465 e. The van der Waals surface area contributed by atoms with Crippen molar-refractivity contribution >= 4 is 5.97 Å². The Hall–Kier alpha value is -0.610. The summed E-state index contributed by atoms with van der Waals surface area (Å²) in [5.74, 6) is -0.138. The summed E-state index contributed by atoms with van der Waals surface area (Å²) in [5, 5.41) is 3.09. The highest BCUT2D eigenvalue weighted by Gasteiger charge is 2.00. The van der Waals surface area contributed by atoms with Crippen LogP contribution in [0.5, 0.6) is 0 Å². The Bertz CT molecular complexity index is 172. The van der Waals surface area contributed by atoms with Crippen LogP contribution in [0.1, 0.15) is 32.6 Å². The first-order chi connectivity index (χ1) is 7.66. The lowest BCUT2D eigenvalue weighted by atomic mass is 10.3. The Morgan fingerprint density at radius 3 is 2.62 bits per heavy atom. The Balaban J connectivity index is 3.15. The highest BCUT2D eigenvalue weighted by molar-refractivity contribution is 5.71. The van der Waals surface area contributed by atoms with Gasteiger partial charge >= 0.3 is 5.97 Å². The number of rotatable bonds is 10. The summed E-state index contributed by atoms with van der Waals surface area (Å²) < 4.78 is 5.02. The first-order valence-electron chi connectivity index (χ1n) is 6.18. The summed E-state index contributed by atoms with van der Waals surface area (Å²) >= 11 is 0. The number of unbranched alkanes of at least 4 members (excludes halogenated alkanes) is 2. The molecule has 0 atom stereocenters. The van der Waals surface area contributed by atoms with Crippen molar-refractivity contribution in [1.29, 1.82) is 0 Å². The number of hydrogen-bond donors (Lipinski definition) is 1. The quantitative estimate of drug-likeness (QED) is 0.453. The lowest BCUT2D eigenvalue weighted by Gasteiger charge is -2.09. The van der Waals surface area contributed by atoms with Gasteiger partial charge in [-0.3, -0.25) is 4.79 Å². The van der Waals surface area contributed by atoms with E-state index in [-0.39, 0.29) is 5.97 Å². The fourth-order valence-electron chi connectivity index (χ4n) is 1.25. The fourth-order valence-corrected chi connectivity index (χ4v) is 1.25. The average molecular weight is 230 g/mol. The zero-order chi connectivity index (χ0) is 12.2. The minimum absolute atomic E-state index is 0.138. The number of nitrogens with one attached hydrogen (secondary N) is 1. The molecule has 0 aromatic rings. The van der Waals surface area contributed by atoms with Crippen molar-refractivity contribution in [3.8, 4) is 0 Å². The van der Waals surface area contributed by atoms with Crippen molar-refractivity contribution in [1.82, 2.24) is 10.2 Å². The minimum atomic E-state index is -0.138. The lowest BCUT2D eigenvalue weighted by Crippen LogP contribution is -2.26. The Labute approximate surface area is 99.3 Å². The molecule has 0 fully saturated rings. The zero-order valence-electron chi connectivity index (χ0n) is 10.9. The van der Waals surface area contributed by atoms with Crippen LogP contribution in [-0.2, 0) is 9.53 Å². The number of ether oxygens (including phenoxy) is 1. The molecule has 0 amide bonds. The van der Waals surface area contributed by atoms with Gasteiger partial charge in [0.1, 0.15) is 0 Å². The number of nitrogens with zero attached hydrogens (tertiary/aromatic N) is 1. The molecule has 0 aliphatic carbocycles. The molecule has 0 aromatic carbocycles. The number of esters is 1. The third kappa shape index (κ3) is 11.5. The van der Waals surface area contributed by atoms with E-state index in [2.05, 4.69) is 31.2 Å². The summed E-state index contributed by atoms with van der Waals surface area (Å²) in [6.45, 7) is 4.96. The predicted octanol–water partition coefficient (Wildman–Crippen LogP) is 1.26. The molecule has 0 rings (SSSR count). The van der Waals surface area contributed by atoms with E-state index < -0.39 is 0 Å². The van der Waals surface area contributed by atoms with E-state index in [9.17, 15) is 4.79 Å². The van der Waals surface area contributed by atoms with Gasteiger partial charge < -0.3 is 15.0 Å². The molecular weight excluding hydrogens is 204 g/mol. The van der Waals surface area contributed by atoms with Gasteiger partial charge in [0.05, 0.1) is 13.2 Å². The fraction of sp³-hybridized carbons (Fsp3) is 0.917. The van der Waals surface area contributed by atoms with E-state index in [1.165, 1.54) is 0 Å². The maximum Gasteiger partial charge on any atom is 0.319 e. The monoisotopic (exact) mass is 230 g/mol. The van der Waals surface area contributed by atoms with Crippen LogP contribution in [0.3, 0.4) is 0 Å². The second-order valence-electron chi connectivity index (χ2n) is 4.26. The van der Waals surface area contributed by atoms with Crippen LogP contribution in [0.25, 0.3) is 0 Å². The van der Waals surface area contributed by atoms with Crippen molar-refractivity contribution in [2.45, 2.75) is 32.6 Å². The number of carbonyl (C=O) groups is 1. The summed E-state index contributed by atoms with van der Waals surface area (Å²) in [6.07, 6.45) is 4.27. The Kier molecular flexibility index (Phi) is 10.5. The topological polar surface area (TPSA) is 41.6 Å². The van der Waals surface area contributed by atoms with Gasteiger partial charge in [0.25, 0.3) is 0 Å². The van der Waals surface area contributed by atoms with Gasteiger partial charge in [0.15, 0.2) is 0 Å². The van der Waals surface area contributed by atoms with Crippen LogP contribution in [-0.4, -0.2) is 51.2 Å². The maximum atomic E-state index is 11.2. The van der Waals surface area contributed by atoms with Crippen LogP contribution in [0, 0.1) is 0 Å². The van der Waals surface area contributed by atoms with Gasteiger partial charge in [0.2, 0.25) is 0 Å². The van der Waals surface area contributed by atoms with Crippen LogP contribution < -0.4 is 5.32 Å². The normalized spacial score (nSPS) is 10.8. The van der Waals surface area contributed by atoms with Crippen LogP contribution in [0.15, 0.2) is 0 Å². The van der Waals surface area contributed by atoms with E-state index in [1.807, 2.05) is 0 Å². The molecule has 0 aliphatic rings. The van der Waals surface area contributed by atoms with E-state index >= 15 is 0 Å². The molecular formula is C12H26N2O2. The zero-order valence-corrected chi connectivity index (χ0v) is 10.9. The summed E-state index contributed by atoms with van der Waals surface area (Å²) in [6, 6.07) is 0. The molecule has 0 saturated heterocycles. The molecule has 16 heavy (non-hydrogen) atoms. The molecule has 0 bridgehead atoms. The molecule has 0 saturated carbocycles. The minimum Gasteiger partial charge on any atom is -0.465 e. The standard InChI is InChI=1S/C12H26N2O2/c1-4-5-10-16-12(15)11-13-8-6-7-9-14(2)3/h13H,4-11H2,1-3H3. The Morgan fingerprint density at radius 2 is 2.00 bits per heavy atom. The second kappa shape index (κ2) is 10.9. The number of hydrogen-bond acceptors (Lipinski definition) is 4. The van der Waals surface area contributed by atoms with Crippen LogP contribution in [0.2, 0.25) is 0 Å². The lowest BCUT2D eigenvalue weighted by molar-refractivity contribution is -0.142. The highest BCUT2D eigenvalue weighted by atomic mass is 16.5. The molecule has 0 aromatic heterocycles. The molecule has 1 N–H and O–H groups in total. The molecule has 0 heterocycles. The van der Waals surface area contributed by atoms with Gasteiger partial charge in [-0.1, -0.05) is 13.3 Å². The third-order valence-electron chi connectivity index (χ3n) is 2.24. The van der Waals surface area contributed by atoms with Gasteiger partial charge in [-0.15, -0.1) is 0 Å². The van der Waals surface area contributed by atoms with E-state index in [4.69, 9.17) is 4.74 Å².